The maximum Gasteiger partial charge on any atom is 0.130 e. The summed E-state index contributed by atoms with van der Waals surface area (Å²) >= 11 is 0. The molecule has 1 aromatic rings. The van der Waals surface area contributed by atoms with Gasteiger partial charge in [-0.2, -0.15) is 0 Å². The molecule has 1 saturated heterocycles. The number of aromatic nitrogens is 1. The van der Waals surface area contributed by atoms with Crippen LogP contribution in [0.3, 0.4) is 0 Å². The van der Waals surface area contributed by atoms with E-state index in [2.05, 4.69) is 21.7 Å². The van der Waals surface area contributed by atoms with Gasteiger partial charge in [-0.1, -0.05) is 12.5 Å². The highest BCUT2D eigenvalue weighted by Crippen LogP contribution is 2.26. The fraction of sp³-hybridized carbons (Fsp3) is 0.545. The number of hydrogen-bond donors (Lipinski definition) is 2. The Morgan fingerprint density at radius 3 is 3.14 bits per heavy atom. The Morgan fingerprint density at radius 2 is 2.43 bits per heavy atom. The van der Waals surface area contributed by atoms with E-state index in [1.807, 2.05) is 19.3 Å². The van der Waals surface area contributed by atoms with Gasteiger partial charge in [0.15, 0.2) is 0 Å². The molecular weight excluding hydrogens is 174 g/mol. The number of rotatable bonds is 2. The molecule has 3 nitrogen and oxygen atoms in total. The van der Waals surface area contributed by atoms with Crippen LogP contribution in [0.1, 0.15) is 30.9 Å². The van der Waals surface area contributed by atoms with E-state index in [4.69, 9.17) is 0 Å². The van der Waals surface area contributed by atoms with Crippen LogP contribution in [-0.4, -0.2) is 18.6 Å². The predicted molar refractivity (Wildman–Crippen MR) is 58.4 cm³/mol. The molecule has 1 aliphatic rings. The molecule has 2 rings (SSSR count). The van der Waals surface area contributed by atoms with E-state index >= 15 is 0 Å². The first kappa shape index (κ1) is 9.46. The summed E-state index contributed by atoms with van der Waals surface area (Å²) in [5.74, 6) is 1.01. The molecule has 1 fully saturated rings. The molecule has 0 amide bonds. The summed E-state index contributed by atoms with van der Waals surface area (Å²) in [7, 11) is 1.93. The van der Waals surface area contributed by atoms with E-state index in [9.17, 15) is 0 Å². The van der Waals surface area contributed by atoms with Crippen molar-refractivity contribution in [3.05, 3.63) is 23.9 Å². The lowest BCUT2D eigenvalue weighted by atomic mass is 9.98. The number of hydrogen-bond acceptors (Lipinski definition) is 3. The highest BCUT2D eigenvalue weighted by molar-refractivity contribution is 5.45. The number of piperidine rings is 1. The van der Waals surface area contributed by atoms with Crippen LogP contribution in [0.2, 0.25) is 0 Å². The van der Waals surface area contributed by atoms with Gasteiger partial charge in [-0.15, -0.1) is 0 Å². The molecule has 2 N–H and O–H groups in total. The first-order valence-electron chi connectivity index (χ1n) is 5.28. The monoisotopic (exact) mass is 191 g/mol. The van der Waals surface area contributed by atoms with E-state index in [-0.39, 0.29) is 0 Å². The fourth-order valence-electron chi connectivity index (χ4n) is 2.03. The van der Waals surface area contributed by atoms with Gasteiger partial charge in [0.25, 0.3) is 0 Å². The molecule has 1 atom stereocenters. The van der Waals surface area contributed by atoms with Crippen LogP contribution in [0.25, 0.3) is 0 Å². The zero-order valence-corrected chi connectivity index (χ0v) is 8.59. The van der Waals surface area contributed by atoms with Gasteiger partial charge in [0, 0.05) is 24.8 Å². The smallest absolute Gasteiger partial charge is 0.130 e. The van der Waals surface area contributed by atoms with Gasteiger partial charge < -0.3 is 10.6 Å². The Bertz CT molecular complexity index is 292. The summed E-state index contributed by atoms with van der Waals surface area (Å²) in [6, 6.07) is 4.65. The van der Waals surface area contributed by atoms with Crippen molar-refractivity contribution in [3.8, 4) is 0 Å². The average molecular weight is 191 g/mol. The van der Waals surface area contributed by atoms with Crippen LogP contribution in [0.15, 0.2) is 18.3 Å². The van der Waals surface area contributed by atoms with E-state index in [0.29, 0.717) is 6.04 Å². The first-order valence-corrected chi connectivity index (χ1v) is 5.28. The lowest BCUT2D eigenvalue weighted by molar-refractivity contribution is 0.412. The molecule has 0 bridgehead atoms. The van der Waals surface area contributed by atoms with Crippen LogP contribution < -0.4 is 10.6 Å². The van der Waals surface area contributed by atoms with Crippen molar-refractivity contribution in [2.45, 2.75) is 25.3 Å². The van der Waals surface area contributed by atoms with Crippen LogP contribution in [0, 0.1) is 0 Å². The summed E-state index contributed by atoms with van der Waals surface area (Å²) in [5.41, 5.74) is 1.30. The van der Waals surface area contributed by atoms with Crippen molar-refractivity contribution >= 4 is 5.82 Å². The summed E-state index contributed by atoms with van der Waals surface area (Å²) in [4.78, 5) is 4.32. The van der Waals surface area contributed by atoms with E-state index in [1.165, 1.54) is 24.8 Å². The molecule has 0 saturated carbocycles. The van der Waals surface area contributed by atoms with Crippen molar-refractivity contribution in [3.63, 3.8) is 0 Å². The lowest BCUT2D eigenvalue weighted by Crippen LogP contribution is -2.27. The summed E-state index contributed by atoms with van der Waals surface area (Å²) < 4.78 is 0. The molecule has 3 heteroatoms. The zero-order chi connectivity index (χ0) is 9.80. The lowest BCUT2D eigenvalue weighted by Gasteiger charge is -2.25. The minimum atomic E-state index is 0.486. The molecule has 0 unspecified atom stereocenters. The van der Waals surface area contributed by atoms with E-state index in [1.54, 1.807) is 0 Å². The van der Waals surface area contributed by atoms with Crippen LogP contribution in [-0.2, 0) is 0 Å². The van der Waals surface area contributed by atoms with Gasteiger partial charge >= 0.3 is 0 Å². The van der Waals surface area contributed by atoms with E-state index in [0.717, 1.165) is 12.4 Å². The Labute approximate surface area is 84.9 Å². The first-order chi connectivity index (χ1) is 6.92. The predicted octanol–water partition coefficient (Wildman–Crippen LogP) is 1.94. The third kappa shape index (κ3) is 1.87. The summed E-state index contributed by atoms with van der Waals surface area (Å²) in [6.07, 6.45) is 5.67. The molecule has 1 aliphatic heterocycles. The number of pyridine rings is 1. The second-order valence-electron chi connectivity index (χ2n) is 3.69. The quantitative estimate of drug-likeness (QED) is 0.750. The van der Waals surface area contributed by atoms with Crippen molar-refractivity contribution in [1.29, 1.82) is 0 Å². The minimum Gasteiger partial charge on any atom is -0.373 e. The highest BCUT2D eigenvalue weighted by Gasteiger charge is 2.17. The van der Waals surface area contributed by atoms with Crippen molar-refractivity contribution in [1.82, 2.24) is 10.3 Å². The topological polar surface area (TPSA) is 37.0 Å². The Balaban J connectivity index is 2.20. The van der Waals surface area contributed by atoms with Gasteiger partial charge in [0.05, 0.1) is 0 Å². The molecule has 1 aromatic heterocycles. The summed E-state index contributed by atoms with van der Waals surface area (Å²) in [5, 5.41) is 6.67. The molecule has 0 aromatic carbocycles. The Kier molecular flexibility index (Phi) is 2.99. The molecule has 14 heavy (non-hydrogen) atoms. The van der Waals surface area contributed by atoms with Crippen LogP contribution >= 0.6 is 0 Å². The molecule has 0 radical (unpaired) electrons. The standard InChI is InChI=1S/C11H17N3/c1-12-11-9(5-4-8-14-11)10-6-2-3-7-13-10/h4-5,8,10,13H,2-3,6-7H2,1H3,(H,12,14)/t10-/m0/s1. The molecule has 2 heterocycles. The van der Waals surface area contributed by atoms with Gasteiger partial charge in [-0.3, -0.25) is 0 Å². The molecule has 76 valence electrons. The second kappa shape index (κ2) is 4.42. The van der Waals surface area contributed by atoms with Gasteiger partial charge in [-0.25, -0.2) is 4.98 Å². The van der Waals surface area contributed by atoms with E-state index < -0.39 is 0 Å². The third-order valence-corrected chi connectivity index (χ3v) is 2.76. The average Bonchev–Trinajstić information content (AvgIpc) is 2.30. The van der Waals surface area contributed by atoms with Gasteiger partial charge in [-0.05, 0) is 25.5 Å². The molecular formula is C11H17N3. The maximum atomic E-state index is 4.32. The maximum absolute atomic E-state index is 4.32. The number of nitrogens with zero attached hydrogens (tertiary/aromatic N) is 1. The Hall–Kier alpha value is -1.09. The normalized spacial score (nSPS) is 21.9. The molecule has 0 aliphatic carbocycles. The van der Waals surface area contributed by atoms with Crippen molar-refractivity contribution < 1.29 is 0 Å². The highest BCUT2D eigenvalue weighted by atomic mass is 15.0. The fourth-order valence-corrected chi connectivity index (χ4v) is 2.03. The largest absolute Gasteiger partial charge is 0.373 e. The van der Waals surface area contributed by atoms with Gasteiger partial charge in [0.1, 0.15) is 5.82 Å². The van der Waals surface area contributed by atoms with Crippen molar-refractivity contribution in [2.24, 2.45) is 0 Å². The summed E-state index contributed by atoms with van der Waals surface area (Å²) in [6.45, 7) is 1.13. The number of nitrogens with one attached hydrogen (secondary N) is 2. The Morgan fingerprint density at radius 1 is 1.50 bits per heavy atom. The third-order valence-electron chi connectivity index (χ3n) is 2.76. The van der Waals surface area contributed by atoms with Crippen LogP contribution in [0.4, 0.5) is 5.82 Å². The molecule has 0 spiro atoms. The van der Waals surface area contributed by atoms with Crippen LogP contribution in [0.5, 0.6) is 0 Å². The minimum absolute atomic E-state index is 0.486. The second-order valence-corrected chi connectivity index (χ2v) is 3.69. The SMILES string of the molecule is CNc1ncccc1[C@@H]1CCCCN1. The number of anilines is 1. The zero-order valence-electron chi connectivity index (χ0n) is 8.59. The van der Waals surface area contributed by atoms with Gasteiger partial charge in [0.2, 0.25) is 0 Å². The van der Waals surface area contributed by atoms with Crippen molar-refractivity contribution in [2.75, 3.05) is 18.9 Å².